The fourth-order valence-electron chi connectivity index (χ4n) is 2.30. The molecule has 1 aromatic heterocycles. The number of hydrogen-bond acceptors (Lipinski definition) is 5. The van der Waals surface area contributed by atoms with Crippen LogP contribution in [0.3, 0.4) is 0 Å². The lowest BCUT2D eigenvalue weighted by Gasteiger charge is -2.10. The fraction of sp³-hybridized carbons (Fsp3) is 0. The number of carboxylic acid groups (broad SMARTS) is 1. The molecule has 0 saturated carbocycles. The zero-order valence-corrected chi connectivity index (χ0v) is 14.2. The number of carbonyl (C=O) groups excluding carboxylic acids is 1. The topological polar surface area (TPSA) is 127 Å². The molecular formula is C16H12N2O5S2. The van der Waals surface area contributed by atoms with Crippen molar-refractivity contribution in [2.24, 2.45) is 5.14 Å². The quantitative estimate of drug-likeness (QED) is 0.645. The molecule has 25 heavy (non-hydrogen) atoms. The van der Waals surface area contributed by atoms with Gasteiger partial charge in [0.15, 0.2) is 0 Å². The van der Waals surface area contributed by atoms with E-state index < -0.39 is 21.9 Å². The van der Waals surface area contributed by atoms with Crippen LogP contribution in [0.15, 0.2) is 52.1 Å². The smallest absolute Gasteiger partial charge is 0.337 e. The van der Waals surface area contributed by atoms with Crippen molar-refractivity contribution in [3.05, 3.63) is 59.0 Å². The summed E-state index contributed by atoms with van der Waals surface area (Å²) < 4.78 is 22.4. The SMILES string of the molecule is NS(=O)(=O)c1cc(C(=O)Nc2cc3ccccc3cc2C(=O)O)cs1. The van der Waals surface area contributed by atoms with Gasteiger partial charge in [0.05, 0.1) is 16.8 Å². The maximum absolute atomic E-state index is 12.3. The third kappa shape index (κ3) is 3.53. The van der Waals surface area contributed by atoms with E-state index in [9.17, 15) is 23.1 Å². The summed E-state index contributed by atoms with van der Waals surface area (Å²) in [5.41, 5.74) is 0.145. The van der Waals surface area contributed by atoms with E-state index in [1.54, 1.807) is 30.3 Å². The molecule has 9 heteroatoms. The van der Waals surface area contributed by atoms with Gasteiger partial charge in [-0.2, -0.15) is 0 Å². The largest absolute Gasteiger partial charge is 0.478 e. The molecule has 3 aromatic rings. The Bertz CT molecular complexity index is 1100. The zero-order valence-electron chi connectivity index (χ0n) is 12.6. The lowest BCUT2D eigenvalue weighted by atomic mass is 10.0. The number of nitrogens with two attached hydrogens (primary N) is 1. The number of carbonyl (C=O) groups is 2. The Morgan fingerprint density at radius 1 is 1.08 bits per heavy atom. The van der Waals surface area contributed by atoms with Crippen molar-refractivity contribution in [2.75, 3.05) is 5.32 Å². The molecule has 0 bridgehead atoms. The summed E-state index contributed by atoms with van der Waals surface area (Å²) in [5.74, 6) is -1.81. The van der Waals surface area contributed by atoms with E-state index in [-0.39, 0.29) is 21.0 Å². The highest BCUT2D eigenvalue weighted by Gasteiger charge is 2.18. The van der Waals surface area contributed by atoms with E-state index >= 15 is 0 Å². The summed E-state index contributed by atoms with van der Waals surface area (Å²) in [5, 5.41) is 19.7. The third-order valence-electron chi connectivity index (χ3n) is 3.48. The van der Waals surface area contributed by atoms with Crippen LogP contribution in [0.1, 0.15) is 20.7 Å². The summed E-state index contributed by atoms with van der Waals surface area (Å²) in [6, 6.07) is 11.3. The number of aromatic carboxylic acids is 1. The van der Waals surface area contributed by atoms with Crippen LogP contribution in [0.4, 0.5) is 5.69 Å². The summed E-state index contributed by atoms with van der Waals surface area (Å²) in [7, 11) is -3.89. The number of rotatable bonds is 4. The predicted molar refractivity (Wildman–Crippen MR) is 94.6 cm³/mol. The lowest BCUT2D eigenvalue weighted by molar-refractivity contribution is 0.0698. The number of thiophene rings is 1. The van der Waals surface area contributed by atoms with Gasteiger partial charge in [0, 0.05) is 5.38 Å². The van der Waals surface area contributed by atoms with Gasteiger partial charge in [-0.3, -0.25) is 4.79 Å². The number of sulfonamides is 1. The molecule has 128 valence electrons. The molecule has 0 saturated heterocycles. The highest BCUT2D eigenvalue weighted by atomic mass is 32.2. The Morgan fingerprint density at radius 2 is 1.72 bits per heavy atom. The first-order valence-corrected chi connectivity index (χ1v) is 9.37. The van der Waals surface area contributed by atoms with Crippen molar-refractivity contribution in [1.29, 1.82) is 0 Å². The summed E-state index contributed by atoms with van der Waals surface area (Å²) in [6.45, 7) is 0. The number of anilines is 1. The average molecular weight is 376 g/mol. The number of fused-ring (bicyclic) bond motifs is 1. The molecule has 2 aromatic carbocycles. The predicted octanol–water partition coefficient (Wildman–Crippen LogP) is 2.50. The minimum absolute atomic E-state index is 0.0612. The lowest BCUT2D eigenvalue weighted by Crippen LogP contribution is -2.15. The zero-order chi connectivity index (χ0) is 18.2. The number of carboxylic acids is 1. The van der Waals surface area contributed by atoms with Crippen LogP contribution in [0, 0.1) is 0 Å². The van der Waals surface area contributed by atoms with Crippen molar-refractivity contribution in [1.82, 2.24) is 0 Å². The van der Waals surface area contributed by atoms with Crippen molar-refractivity contribution in [2.45, 2.75) is 4.21 Å². The van der Waals surface area contributed by atoms with Crippen molar-refractivity contribution in [3.63, 3.8) is 0 Å². The molecule has 0 spiro atoms. The molecular weight excluding hydrogens is 364 g/mol. The van der Waals surface area contributed by atoms with Gasteiger partial charge >= 0.3 is 5.97 Å². The molecule has 3 rings (SSSR count). The van der Waals surface area contributed by atoms with Crippen LogP contribution >= 0.6 is 11.3 Å². The van der Waals surface area contributed by atoms with Crippen molar-refractivity contribution < 1.29 is 23.1 Å². The Hall–Kier alpha value is -2.75. The number of hydrogen-bond donors (Lipinski definition) is 3. The number of amides is 1. The third-order valence-corrected chi connectivity index (χ3v) is 5.87. The van der Waals surface area contributed by atoms with Crippen molar-refractivity contribution in [3.8, 4) is 0 Å². The van der Waals surface area contributed by atoms with E-state index in [0.717, 1.165) is 28.2 Å². The van der Waals surface area contributed by atoms with E-state index in [1.165, 1.54) is 11.4 Å². The number of nitrogens with one attached hydrogen (secondary N) is 1. The van der Waals surface area contributed by atoms with Gasteiger partial charge in [-0.15, -0.1) is 11.3 Å². The molecule has 0 aliphatic carbocycles. The summed E-state index contributed by atoms with van der Waals surface area (Å²) >= 11 is 0.818. The normalized spacial score (nSPS) is 11.4. The monoisotopic (exact) mass is 376 g/mol. The highest BCUT2D eigenvalue weighted by Crippen LogP contribution is 2.26. The Labute approximate surface area is 146 Å². The second-order valence-corrected chi connectivity index (χ2v) is 7.90. The summed E-state index contributed by atoms with van der Waals surface area (Å²) in [4.78, 5) is 23.8. The van der Waals surface area contributed by atoms with Crippen LogP contribution in [0.5, 0.6) is 0 Å². The molecule has 0 aliphatic heterocycles. The minimum Gasteiger partial charge on any atom is -0.478 e. The van der Waals surface area contributed by atoms with Gasteiger partial charge < -0.3 is 10.4 Å². The highest BCUT2D eigenvalue weighted by molar-refractivity contribution is 7.91. The van der Waals surface area contributed by atoms with E-state index in [0.29, 0.717) is 0 Å². The Kier molecular flexibility index (Phi) is 4.29. The molecule has 1 heterocycles. The maximum Gasteiger partial charge on any atom is 0.337 e. The molecule has 0 unspecified atom stereocenters. The molecule has 0 aliphatic rings. The maximum atomic E-state index is 12.3. The van der Waals surface area contributed by atoms with Crippen LogP contribution < -0.4 is 10.5 Å². The molecule has 0 atom stereocenters. The van der Waals surface area contributed by atoms with Gasteiger partial charge in [-0.1, -0.05) is 24.3 Å². The van der Waals surface area contributed by atoms with Gasteiger partial charge in [0.2, 0.25) is 10.0 Å². The first kappa shape index (κ1) is 17.1. The first-order valence-electron chi connectivity index (χ1n) is 6.94. The van der Waals surface area contributed by atoms with Crippen molar-refractivity contribution >= 4 is 49.7 Å². The second kappa shape index (κ2) is 6.28. The van der Waals surface area contributed by atoms with Gasteiger partial charge in [-0.05, 0) is 29.0 Å². The Morgan fingerprint density at radius 3 is 2.28 bits per heavy atom. The van der Waals surface area contributed by atoms with Gasteiger partial charge in [0.25, 0.3) is 5.91 Å². The Balaban J connectivity index is 1.99. The molecule has 0 radical (unpaired) electrons. The van der Waals surface area contributed by atoms with E-state index in [4.69, 9.17) is 5.14 Å². The number of benzene rings is 2. The molecule has 7 nitrogen and oxygen atoms in total. The minimum atomic E-state index is -3.89. The second-order valence-electron chi connectivity index (χ2n) is 5.20. The number of primary sulfonamides is 1. The standard InChI is InChI=1S/C16H12N2O5S2/c17-25(22,23)14-7-11(8-24-14)15(19)18-13-6-10-4-2-1-3-9(10)5-12(13)16(20)21/h1-8H,(H,18,19)(H,20,21)(H2,17,22,23). The van der Waals surface area contributed by atoms with Crippen LogP contribution in [0.25, 0.3) is 10.8 Å². The van der Waals surface area contributed by atoms with Gasteiger partial charge in [-0.25, -0.2) is 18.4 Å². The summed E-state index contributed by atoms with van der Waals surface area (Å²) in [6.07, 6.45) is 0. The van der Waals surface area contributed by atoms with Crippen LogP contribution in [0.2, 0.25) is 0 Å². The van der Waals surface area contributed by atoms with E-state index in [1.807, 2.05) is 0 Å². The molecule has 4 N–H and O–H groups in total. The molecule has 1 amide bonds. The average Bonchev–Trinajstić information content (AvgIpc) is 3.04. The molecule has 0 fully saturated rings. The van der Waals surface area contributed by atoms with Crippen LogP contribution in [-0.2, 0) is 10.0 Å². The fourth-order valence-corrected chi connectivity index (χ4v) is 3.89. The van der Waals surface area contributed by atoms with Crippen LogP contribution in [-0.4, -0.2) is 25.4 Å². The first-order chi connectivity index (χ1) is 11.8. The van der Waals surface area contributed by atoms with E-state index in [2.05, 4.69) is 5.32 Å². The van der Waals surface area contributed by atoms with Gasteiger partial charge in [0.1, 0.15) is 4.21 Å².